The summed E-state index contributed by atoms with van der Waals surface area (Å²) in [5.74, 6) is -1.19. The first kappa shape index (κ1) is 18.2. The maximum absolute atomic E-state index is 12.2. The van der Waals surface area contributed by atoms with Crippen LogP contribution in [0.1, 0.15) is 21.5 Å². The van der Waals surface area contributed by atoms with Gasteiger partial charge in [-0.3, -0.25) is 14.9 Å². The van der Waals surface area contributed by atoms with Gasteiger partial charge >= 0.3 is 5.97 Å². The molecule has 140 valence electrons. The highest BCUT2D eigenvalue weighted by molar-refractivity contribution is 5.98. The summed E-state index contributed by atoms with van der Waals surface area (Å²) >= 11 is 0. The van der Waals surface area contributed by atoms with Gasteiger partial charge in [-0.05, 0) is 25.5 Å². The summed E-state index contributed by atoms with van der Waals surface area (Å²) in [5, 5.41) is 13.8. The quantitative estimate of drug-likeness (QED) is 0.487. The number of nitro benzene ring substituents is 1. The van der Waals surface area contributed by atoms with Gasteiger partial charge in [-0.2, -0.15) is 0 Å². The summed E-state index contributed by atoms with van der Waals surface area (Å²) in [6.07, 6.45) is 0. The molecule has 0 bridgehead atoms. The number of hydrogen-bond acceptors (Lipinski definition) is 7. The second-order valence-corrected chi connectivity index (χ2v) is 5.92. The van der Waals surface area contributed by atoms with Crippen LogP contribution in [-0.4, -0.2) is 30.2 Å². The molecule has 0 unspecified atom stereocenters. The van der Waals surface area contributed by atoms with Gasteiger partial charge in [0.05, 0.1) is 11.0 Å². The van der Waals surface area contributed by atoms with E-state index >= 15 is 0 Å². The van der Waals surface area contributed by atoms with Gasteiger partial charge in [0.25, 0.3) is 11.6 Å². The third-order valence-electron chi connectivity index (χ3n) is 3.90. The first-order valence-corrected chi connectivity index (χ1v) is 7.97. The predicted molar refractivity (Wildman–Crippen MR) is 94.0 cm³/mol. The number of anilines is 1. The molecule has 0 aromatic heterocycles. The van der Waals surface area contributed by atoms with Crippen molar-refractivity contribution < 1.29 is 28.7 Å². The molecule has 0 radical (unpaired) electrons. The minimum atomic E-state index is -1.00. The Morgan fingerprint density at radius 1 is 1.19 bits per heavy atom. The Hall–Kier alpha value is -3.62. The summed E-state index contributed by atoms with van der Waals surface area (Å²) in [6, 6.07) is 7.74. The van der Waals surface area contributed by atoms with Crippen molar-refractivity contribution in [3.8, 4) is 11.5 Å². The van der Waals surface area contributed by atoms with Crippen LogP contribution in [0, 0.1) is 24.0 Å². The maximum atomic E-state index is 12.2. The van der Waals surface area contributed by atoms with Gasteiger partial charge in [-0.15, -0.1) is 0 Å². The minimum Gasteiger partial charge on any atom is -0.454 e. The Balaban J connectivity index is 1.69. The fourth-order valence-corrected chi connectivity index (χ4v) is 2.59. The third kappa shape index (κ3) is 3.97. The predicted octanol–water partition coefficient (Wildman–Crippen LogP) is 2.74. The lowest BCUT2D eigenvalue weighted by atomic mass is 10.1. The molecule has 2 aromatic carbocycles. The molecule has 3 rings (SSSR count). The SMILES string of the molecule is Cc1ccc(NC(=O)COC(=O)c2cc3c(cc2[N+](=O)[O-])OCO3)c(C)c1. The molecule has 1 amide bonds. The van der Waals surface area contributed by atoms with Crippen LogP contribution < -0.4 is 14.8 Å². The number of carbonyl (C=O) groups excluding carboxylic acids is 2. The lowest BCUT2D eigenvalue weighted by molar-refractivity contribution is -0.385. The number of fused-ring (bicyclic) bond motifs is 1. The van der Waals surface area contributed by atoms with Crippen molar-refractivity contribution in [2.24, 2.45) is 0 Å². The highest BCUT2D eigenvalue weighted by Crippen LogP contribution is 2.38. The van der Waals surface area contributed by atoms with Crippen molar-refractivity contribution in [3.05, 3.63) is 57.1 Å². The molecule has 1 N–H and O–H groups in total. The van der Waals surface area contributed by atoms with Crippen molar-refractivity contribution in [1.82, 2.24) is 0 Å². The van der Waals surface area contributed by atoms with E-state index in [1.165, 1.54) is 6.07 Å². The smallest absolute Gasteiger partial charge is 0.345 e. The van der Waals surface area contributed by atoms with E-state index < -0.39 is 29.1 Å². The second kappa shape index (κ2) is 7.32. The monoisotopic (exact) mass is 372 g/mol. The number of aryl methyl sites for hydroxylation is 2. The fourth-order valence-electron chi connectivity index (χ4n) is 2.59. The molecule has 0 saturated carbocycles. The van der Waals surface area contributed by atoms with Crippen LogP contribution in [0.25, 0.3) is 0 Å². The lowest BCUT2D eigenvalue weighted by Gasteiger charge is -2.10. The number of nitrogens with zero attached hydrogens (tertiary/aromatic N) is 1. The van der Waals surface area contributed by atoms with Crippen LogP contribution in [0.5, 0.6) is 11.5 Å². The summed E-state index contributed by atoms with van der Waals surface area (Å²) in [5.41, 5.74) is 1.70. The normalized spacial score (nSPS) is 11.8. The fraction of sp³-hybridized carbons (Fsp3) is 0.222. The Bertz CT molecular complexity index is 940. The summed E-state index contributed by atoms with van der Waals surface area (Å²) in [7, 11) is 0. The zero-order chi connectivity index (χ0) is 19.6. The number of rotatable bonds is 5. The number of nitrogens with one attached hydrogen (secondary N) is 1. The van der Waals surface area contributed by atoms with Crippen molar-refractivity contribution in [2.75, 3.05) is 18.7 Å². The Labute approximate surface area is 154 Å². The topological polar surface area (TPSA) is 117 Å². The van der Waals surface area contributed by atoms with Crippen LogP contribution in [0.3, 0.4) is 0 Å². The van der Waals surface area contributed by atoms with Crippen LogP contribution in [0.2, 0.25) is 0 Å². The molecule has 0 fully saturated rings. The molecular formula is C18H16N2O7. The van der Waals surface area contributed by atoms with Crippen molar-refractivity contribution in [2.45, 2.75) is 13.8 Å². The van der Waals surface area contributed by atoms with E-state index in [0.717, 1.165) is 17.2 Å². The Morgan fingerprint density at radius 3 is 2.56 bits per heavy atom. The van der Waals surface area contributed by atoms with E-state index in [4.69, 9.17) is 14.2 Å². The highest BCUT2D eigenvalue weighted by atomic mass is 16.7. The largest absolute Gasteiger partial charge is 0.454 e. The molecule has 27 heavy (non-hydrogen) atoms. The van der Waals surface area contributed by atoms with Gasteiger partial charge in [0.2, 0.25) is 6.79 Å². The van der Waals surface area contributed by atoms with Crippen LogP contribution in [0.15, 0.2) is 30.3 Å². The minimum absolute atomic E-state index is 0.0940. The van der Waals surface area contributed by atoms with E-state index in [1.54, 1.807) is 6.07 Å². The number of carbonyl (C=O) groups is 2. The van der Waals surface area contributed by atoms with Crippen LogP contribution >= 0.6 is 0 Å². The Kier molecular flexibility index (Phi) is 4.93. The molecule has 0 spiro atoms. The molecule has 9 heteroatoms. The van der Waals surface area contributed by atoms with Gasteiger partial charge in [0.1, 0.15) is 5.56 Å². The van der Waals surface area contributed by atoms with Gasteiger partial charge in [-0.25, -0.2) is 4.79 Å². The van der Waals surface area contributed by atoms with Crippen molar-refractivity contribution in [1.29, 1.82) is 0 Å². The molecule has 9 nitrogen and oxygen atoms in total. The number of hydrogen-bond donors (Lipinski definition) is 1. The standard InChI is InChI=1S/C18H16N2O7/c1-10-3-4-13(11(2)5-10)19-17(21)8-25-18(22)12-6-15-16(27-9-26-15)7-14(12)20(23)24/h3-7H,8-9H2,1-2H3,(H,19,21). The number of ether oxygens (including phenoxy) is 3. The molecule has 1 aliphatic rings. The number of amides is 1. The van der Waals surface area contributed by atoms with Crippen molar-refractivity contribution in [3.63, 3.8) is 0 Å². The van der Waals surface area contributed by atoms with E-state index in [2.05, 4.69) is 5.32 Å². The van der Waals surface area contributed by atoms with Gasteiger partial charge < -0.3 is 19.5 Å². The summed E-state index contributed by atoms with van der Waals surface area (Å²) < 4.78 is 15.1. The molecular weight excluding hydrogens is 356 g/mol. The summed E-state index contributed by atoms with van der Waals surface area (Å²) in [4.78, 5) is 34.7. The van der Waals surface area contributed by atoms with E-state index in [-0.39, 0.29) is 23.9 Å². The first-order chi connectivity index (χ1) is 12.8. The lowest BCUT2D eigenvalue weighted by Crippen LogP contribution is -2.21. The van der Waals surface area contributed by atoms with E-state index in [0.29, 0.717) is 5.69 Å². The van der Waals surface area contributed by atoms with Gasteiger partial charge in [0, 0.05) is 11.8 Å². The second-order valence-electron chi connectivity index (χ2n) is 5.92. The third-order valence-corrected chi connectivity index (χ3v) is 3.90. The molecule has 1 heterocycles. The highest BCUT2D eigenvalue weighted by Gasteiger charge is 2.28. The molecule has 1 aliphatic heterocycles. The average Bonchev–Trinajstić information content (AvgIpc) is 3.08. The first-order valence-electron chi connectivity index (χ1n) is 7.97. The van der Waals surface area contributed by atoms with Gasteiger partial charge in [0.15, 0.2) is 18.1 Å². The molecule has 0 atom stereocenters. The van der Waals surface area contributed by atoms with Crippen molar-refractivity contribution >= 4 is 23.3 Å². The van der Waals surface area contributed by atoms with Gasteiger partial charge in [-0.1, -0.05) is 17.7 Å². The Morgan fingerprint density at radius 2 is 1.89 bits per heavy atom. The molecule has 0 aliphatic carbocycles. The molecule has 2 aromatic rings. The number of nitro groups is 1. The molecule has 0 saturated heterocycles. The zero-order valence-corrected chi connectivity index (χ0v) is 14.6. The van der Waals surface area contributed by atoms with E-state index in [9.17, 15) is 19.7 Å². The van der Waals surface area contributed by atoms with E-state index in [1.807, 2.05) is 26.0 Å². The zero-order valence-electron chi connectivity index (χ0n) is 14.6. The maximum Gasteiger partial charge on any atom is 0.345 e. The number of benzene rings is 2. The van der Waals surface area contributed by atoms with Crippen LogP contribution in [0.4, 0.5) is 11.4 Å². The average molecular weight is 372 g/mol. The summed E-state index contributed by atoms with van der Waals surface area (Å²) in [6.45, 7) is 3.09. The van der Waals surface area contributed by atoms with Crippen LogP contribution in [-0.2, 0) is 9.53 Å². The number of esters is 1.